The van der Waals surface area contributed by atoms with Crippen molar-refractivity contribution in [3.05, 3.63) is 52.2 Å². The number of aromatic carboxylic acids is 1. The van der Waals surface area contributed by atoms with Crippen LogP contribution in [0.5, 0.6) is 5.75 Å². The Balaban J connectivity index is 2.63. The summed E-state index contributed by atoms with van der Waals surface area (Å²) in [5.74, 6) is -1.94. The van der Waals surface area contributed by atoms with E-state index in [-0.39, 0.29) is 16.9 Å². The Bertz CT molecular complexity index is 693. The lowest BCUT2D eigenvalue weighted by Gasteiger charge is -2.07. The summed E-state index contributed by atoms with van der Waals surface area (Å²) in [4.78, 5) is 24.4. The molecule has 0 saturated carbocycles. The summed E-state index contributed by atoms with van der Waals surface area (Å²) in [6.45, 7) is 0. The number of aromatic nitrogens is 1. The van der Waals surface area contributed by atoms with Gasteiger partial charge < -0.3 is 14.8 Å². The first-order valence-electron chi connectivity index (χ1n) is 5.33. The van der Waals surface area contributed by atoms with Crippen molar-refractivity contribution in [3.8, 4) is 16.9 Å². The number of hydrogen-bond acceptors (Lipinski definition) is 3. The predicted molar refractivity (Wildman–Crippen MR) is 66.0 cm³/mol. The molecule has 19 heavy (non-hydrogen) atoms. The lowest BCUT2D eigenvalue weighted by molar-refractivity contribution is 0.0695. The Labute approximate surface area is 107 Å². The van der Waals surface area contributed by atoms with Crippen molar-refractivity contribution in [2.24, 2.45) is 0 Å². The molecule has 0 saturated heterocycles. The molecule has 0 unspecified atom stereocenters. The highest BCUT2D eigenvalue weighted by Crippen LogP contribution is 2.28. The number of carboxylic acid groups (broad SMARTS) is 1. The number of carboxylic acids is 1. The average Bonchev–Trinajstić information content (AvgIpc) is 2.39. The van der Waals surface area contributed by atoms with E-state index in [1.165, 1.54) is 25.4 Å². The van der Waals surface area contributed by atoms with Crippen molar-refractivity contribution in [1.29, 1.82) is 0 Å². The molecule has 2 rings (SSSR count). The fraction of sp³-hybridized carbons (Fsp3) is 0.0769. The van der Waals surface area contributed by atoms with Crippen LogP contribution in [0.4, 0.5) is 4.39 Å². The molecule has 0 radical (unpaired) electrons. The van der Waals surface area contributed by atoms with Crippen LogP contribution >= 0.6 is 0 Å². The normalized spacial score (nSPS) is 10.2. The first-order valence-corrected chi connectivity index (χ1v) is 5.33. The largest absolute Gasteiger partial charge is 0.494 e. The molecule has 6 heteroatoms. The van der Waals surface area contributed by atoms with Gasteiger partial charge in [-0.15, -0.1) is 0 Å². The van der Waals surface area contributed by atoms with Crippen LogP contribution in [-0.4, -0.2) is 23.2 Å². The zero-order valence-corrected chi connectivity index (χ0v) is 9.94. The molecule has 1 heterocycles. The first kappa shape index (κ1) is 12.8. The van der Waals surface area contributed by atoms with Crippen LogP contribution in [0.1, 0.15) is 10.4 Å². The third-order valence-corrected chi connectivity index (χ3v) is 2.63. The number of rotatable bonds is 3. The number of H-pyrrole nitrogens is 1. The Morgan fingerprint density at radius 2 is 2.16 bits per heavy atom. The molecule has 2 aromatic rings. The Morgan fingerprint density at radius 1 is 1.42 bits per heavy atom. The molecule has 1 aromatic heterocycles. The molecular weight excluding hydrogens is 253 g/mol. The maximum absolute atomic E-state index is 14.0. The van der Waals surface area contributed by atoms with Crippen LogP contribution in [0, 0.1) is 5.82 Å². The molecule has 0 atom stereocenters. The summed E-state index contributed by atoms with van der Waals surface area (Å²) in [5, 5.41) is 8.87. The number of benzene rings is 1. The third-order valence-electron chi connectivity index (χ3n) is 2.63. The summed E-state index contributed by atoms with van der Waals surface area (Å²) in [7, 11) is 1.33. The molecule has 2 N–H and O–H groups in total. The van der Waals surface area contributed by atoms with Gasteiger partial charge in [0.25, 0.3) is 5.56 Å². The maximum Gasteiger partial charge on any atom is 0.341 e. The van der Waals surface area contributed by atoms with Crippen molar-refractivity contribution in [1.82, 2.24) is 4.98 Å². The van der Waals surface area contributed by atoms with Crippen LogP contribution in [-0.2, 0) is 0 Å². The lowest BCUT2D eigenvalue weighted by Crippen LogP contribution is -2.16. The minimum absolute atomic E-state index is 0.0422. The first-order chi connectivity index (χ1) is 9.04. The number of methoxy groups -OCH3 is 1. The quantitative estimate of drug-likeness (QED) is 0.886. The molecule has 0 aliphatic carbocycles. The molecular formula is C13H10FNO4. The van der Waals surface area contributed by atoms with Crippen LogP contribution in [0.3, 0.4) is 0 Å². The molecule has 0 fully saturated rings. The maximum atomic E-state index is 14.0. The standard InChI is InChI=1S/C13H10FNO4/c1-19-10-4-2-3-8(11(10)14)7-5-9(13(17)18)12(16)15-6-7/h2-6H,1H3,(H,15,16)(H,17,18). The number of hydrogen-bond donors (Lipinski definition) is 2. The van der Waals surface area contributed by atoms with Gasteiger partial charge >= 0.3 is 5.97 Å². The highest BCUT2D eigenvalue weighted by molar-refractivity contribution is 5.88. The minimum atomic E-state index is -1.37. The molecule has 0 aliphatic rings. The van der Waals surface area contributed by atoms with E-state index in [1.807, 2.05) is 0 Å². The number of aromatic amines is 1. The fourth-order valence-electron chi connectivity index (χ4n) is 1.69. The van der Waals surface area contributed by atoms with Crippen molar-refractivity contribution in [2.45, 2.75) is 0 Å². The van der Waals surface area contributed by atoms with Gasteiger partial charge in [-0.05, 0) is 12.1 Å². The van der Waals surface area contributed by atoms with E-state index in [2.05, 4.69) is 4.98 Å². The van der Waals surface area contributed by atoms with Gasteiger partial charge in [-0.1, -0.05) is 12.1 Å². The average molecular weight is 263 g/mol. The summed E-state index contributed by atoms with van der Waals surface area (Å²) >= 11 is 0. The van der Waals surface area contributed by atoms with Crippen LogP contribution in [0.15, 0.2) is 35.3 Å². The Hall–Kier alpha value is -2.63. The van der Waals surface area contributed by atoms with Crippen LogP contribution < -0.4 is 10.3 Å². The van der Waals surface area contributed by atoms with E-state index in [0.29, 0.717) is 0 Å². The number of ether oxygens (including phenoxy) is 1. The number of pyridine rings is 1. The van der Waals surface area contributed by atoms with Crippen LogP contribution in [0.2, 0.25) is 0 Å². The monoisotopic (exact) mass is 263 g/mol. The molecule has 0 aliphatic heterocycles. The summed E-state index contributed by atoms with van der Waals surface area (Å²) in [6.07, 6.45) is 1.26. The molecule has 5 nitrogen and oxygen atoms in total. The van der Waals surface area contributed by atoms with Gasteiger partial charge in [0.05, 0.1) is 7.11 Å². The lowest BCUT2D eigenvalue weighted by atomic mass is 10.0. The predicted octanol–water partition coefficient (Wildman–Crippen LogP) is 1.89. The molecule has 1 aromatic carbocycles. The van der Waals surface area contributed by atoms with E-state index in [0.717, 1.165) is 6.07 Å². The van der Waals surface area contributed by atoms with Gasteiger partial charge in [0, 0.05) is 17.3 Å². The van der Waals surface area contributed by atoms with Crippen molar-refractivity contribution in [2.75, 3.05) is 7.11 Å². The fourth-order valence-corrected chi connectivity index (χ4v) is 1.69. The van der Waals surface area contributed by atoms with E-state index >= 15 is 0 Å². The second-order valence-corrected chi connectivity index (χ2v) is 3.76. The Morgan fingerprint density at radius 3 is 2.79 bits per heavy atom. The topological polar surface area (TPSA) is 79.4 Å². The van der Waals surface area contributed by atoms with Crippen LogP contribution in [0.25, 0.3) is 11.1 Å². The van der Waals surface area contributed by atoms with E-state index in [9.17, 15) is 14.0 Å². The number of halogens is 1. The van der Waals surface area contributed by atoms with Gasteiger partial charge in [-0.2, -0.15) is 0 Å². The smallest absolute Gasteiger partial charge is 0.341 e. The summed E-state index contributed by atoms with van der Waals surface area (Å²) in [5.41, 5.74) is -0.772. The second kappa shape index (κ2) is 4.93. The van der Waals surface area contributed by atoms with Gasteiger partial charge in [-0.25, -0.2) is 9.18 Å². The van der Waals surface area contributed by atoms with Gasteiger partial charge in [0.15, 0.2) is 11.6 Å². The number of nitrogens with one attached hydrogen (secondary N) is 1. The highest BCUT2D eigenvalue weighted by Gasteiger charge is 2.14. The van der Waals surface area contributed by atoms with E-state index in [4.69, 9.17) is 9.84 Å². The van der Waals surface area contributed by atoms with Crippen molar-refractivity contribution < 1.29 is 19.0 Å². The van der Waals surface area contributed by atoms with Gasteiger partial charge in [0.2, 0.25) is 0 Å². The SMILES string of the molecule is COc1cccc(-c2c[nH]c(=O)c(C(=O)O)c2)c1F. The zero-order chi connectivity index (χ0) is 14.0. The van der Waals surface area contributed by atoms with E-state index < -0.39 is 22.9 Å². The van der Waals surface area contributed by atoms with Gasteiger partial charge in [0.1, 0.15) is 5.56 Å². The Kier molecular flexibility index (Phi) is 3.33. The third kappa shape index (κ3) is 2.33. The van der Waals surface area contributed by atoms with Gasteiger partial charge in [-0.3, -0.25) is 4.79 Å². The van der Waals surface area contributed by atoms with E-state index in [1.54, 1.807) is 6.07 Å². The summed E-state index contributed by atoms with van der Waals surface area (Å²) < 4.78 is 18.9. The molecule has 0 bridgehead atoms. The molecule has 0 amide bonds. The summed E-state index contributed by atoms with van der Waals surface area (Å²) in [6, 6.07) is 5.61. The van der Waals surface area contributed by atoms with Crippen molar-refractivity contribution in [3.63, 3.8) is 0 Å². The van der Waals surface area contributed by atoms with Crippen molar-refractivity contribution >= 4 is 5.97 Å². The molecule has 0 spiro atoms. The minimum Gasteiger partial charge on any atom is -0.494 e. The second-order valence-electron chi connectivity index (χ2n) is 3.76. The number of carbonyl (C=O) groups is 1. The highest BCUT2D eigenvalue weighted by atomic mass is 19.1. The zero-order valence-electron chi connectivity index (χ0n) is 9.94. The molecule has 98 valence electrons.